The number of nitrogens with zero attached hydrogens (tertiary/aromatic N) is 3. The Kier molecular flexibility index (Phi) is 5.78. The van der Waals surface area contributed by atoms with Crippen LogP contribution in [0.2, 0.25) is 0 Å². The molecule has 0 saturated carbocycles. The van der Waals surface area contributed by atoms with Crippen molar-refractivity contribution in [3.63, 3.8) is 0 Å². The highest BCUT2D eigenvalue weighted by molar-refractivity contribution is 5.94. The van der Waals surface area contributed by atoms with Crippen molar-refractivity contribution in [3.05, 3.63) is 60.3 Å². The second-order valence-corrected chi connectivity index (χ2v) is 8.15. The predicted molar refractivity (Wildman–Crippen MR) is 122 cm³/mol. The third-order valence-corrected chi connectivity index (χ3v) is 6.26. The third-order valence-electron chi connectivity index (χ3n) is 6.26. The number of carbonyl (C=O) groups excluding carboxylic acids is 1. The van der Waals surface area contributed by atoms with Gasteiger partial charge in [0.25, 0.3) is 5.91 Å². The van der Waals surface area contributed by atoms with Crippen LogP contribution in [0.15, 0.2) is 54.6 Å². The summed E-state index contributed by atoms with van der Waals surface area (Å²) in [5, 5.41) is 4.79. The van der Waals surface area contributed by atoms with E-state index in [9.17, 15) is 4.79 Å². The van der Waals surface area contributed by atoms with Crippen LogP contribution in [0.1, 0.15) is 23.3 Å². The fourth-order valence-corrected chi connectivity index (χ4v) is 4.35. The summed E-state index contributed by atoms with van der Waals surface area (Å²) in [4.78, 5) is 15.5. The van der Waals surface area contributed by atoms with E-state index in [-0.39, 0.29) is 5.91 Å². The molecular formula is C25H27N3O5. The van der Waals surface area contributed by atoms with E-state index in [1.54, 1.807) is 18.9 Å². The Morgan fingerprint density at radius 3 is 2.06 bits per heavy atom. The summed E-state index contributed by atoms with van der Waals surface area (Å²) < 4.78 is 23.9. The minimum Gasteiger partial charge on any atom is -0.497 e. The number of methoxy groups -OCH3 is 2. The fourth-order valence-electron chi connectivity index (χ4n) is 4.35. The van der Waals surface area contributed by atoms with E-state index >= 15 is 0 Å². The Balaban J connectivity index is 1.47. The first-order chi connectivity index (χ1) is 16.1. The van der Waals surface area contributed by atoms with Crippen molar-refractivity contribution < 1.29 is 23.7 Å². The van der Waals surface area contributed by atoms with Gasteiger partial charge in [-0.25, -0.2) is 4.68 Å². The van der Waals surface area contributed by atoms with Gasteiger partial charge in [-0.1, -0.05) is 0 Å². The molecule has 5 rings (SSSR count). The van der Waals surface area contributed by atoms with Gasteiger partial charge in [-0.15, -0.1) is 0 Å². The number of carbonyl (C=O) groups is 1. The maximum absolute atomic E-state index is 13.6. The number of hydrogen-bond acceptors (Lipinski definition) is 6. The maximum atomic E-state index is 13.6. The molecule has 0 N–H and O–H groups in total. The van der Waals surface area contributed by atoms with E-state index < -0.39 is 5.79 Å². The lowest BCUT2D eigenvalue weighted by Crippen LogP contribution is -2.47. The average molecular weight is 450 g/mol. The molecule has 0 atom stereocenters. The third kappa shape index (κ3) is 4.19. The number of benzene rings is 2. The van der Waals surface area contributed by atoms with E-state index in [1.807, 2.05) is 59.5 Å². The van der Waals surface area contributed by atoms with Crippen molar-refractivity contribution in [1.29, 1.82) is 0 Å². The van der Waals surface area contributed by atoms with Crippen LogP contribution in [0.3, 0.4) is 0 Å². The Bertz CT molecular complexity index is 1110. The number of hydrogen-bond donors (Lipinski definition) is 0. The Hall–Kier alpha value is -3.36. The van der Waals surface area contributed by atoms with Gasteiger partial charge in [0.1, 0.15) is 17.2 Å². The van der Waals surface area contributed by atoms with Crippen molar-refractivity contribution in [2.75, 3.05) is 40.5 Å². The van der Waals surface area contributed by atoms with Gasteiger partial charge in [0.2, 0.25) is 0 Å². The summed E-state index contributed by atoms with van der Waals surface area (Å²) >= 11 is 0. The number of piperidine rings is 1. The molecule has 2 saturated heterocycles. The topological polar surface area (TPSA) is 75.0 Å². The molecule has 172 valence electrons. The van der Waals surface area contributed by atoms with Crippen LogP contribution in [-0.4, -0.2) is 66.9 Å². The zero-order valence-electron chi connectivity index (χ0n) is 18.8. The van der Waals surface area contributed by atoms with Gasteiger partial charge in [-0.3, -0.25) is 4.79 Å². The maximum Gasteiger partial charge on any atom is 0.272 e. The fraction of sp³-hybridized carbons (Fsp3) is 0.360. The van der Waals surface area contributed by atoms with E-state index in [1.165, 1.54) is 0 Å². The highest BCUT2D eigenvalue weighted by atomic mass is 16.7. The Labute approximate surface area is 192 Å². The molecule has 2 aromatic carbocycles. The summed E-state index contributed by atoms with van der Waals surface area (Å²) in [6, 6.07) is 17.0. The minimum atomic E-state index is -0.527. The lowest BCUT2D eigenvalue weighted by molar-refractivity contribution is -0.181. The first-order valence-corrected chi connectivity index (χ1v) is 11.1. The molecule has 8 nitrogen and oxygen atoms in total. The smallest absolute Gasteiger partial charge is 0.272 e. The second kappa shape index (κ2) is 8.88. The van der Waals surface area contributed by atoms with E-state index in [2.05, 4.69) is 0 Å². The second-order valence-electron chi connectivity index (χ2n) is 8.15. The minimum absolute atomic E-state index is 0.0640. The largest absolute Gasteiger partial charge is 0.497 e. The monoisotopic (exact) mass is 449 g/mol. The zero-order chi connectivity index (χ0) is 22.8. The molecule has 2 fully saturated rings. The van der Waals surface area contributed by atoms with Gasteiger partial charge in [0.05, 0.1) is 38.8 Å². The first kappa shape index (κ1) is 21.5. The number of rotatable bonds is 5. The molecule has 1 spiro atoms. The normalized spacial score (nSPS) is 17.3. The van der Waals surface area contributed by atoms with Crippen LogP contribution in [0, 0.1) is 0 Å². The lowest BCUT2D eigenvalue weighted by Gasteiger charge is -2.37. The number of ether oxygens (including phenoxy) is 4. The van der Waals surface area contributed by atoms with Crippen molar-refractivity contribution in [2.45, 2.75) is 18.6 Å². The van der Waals surface area contributed by atoms with Gasteiger partial charge in [-0.05, 0) is 54.6 Å². The highest BCUT2D eigenvalue weighted by Crippen LogP contribution is 2.32. The van der Waals surface area contributed by atoms with Crippen molar-refractivity contribution in [2.24, 2.45) is 0 Å². The Morgan fingerprint density at radius 2 is 1.48 bits per heavy atom. The molecule has 0 bridgehead atoms. The van der Waals surface area contributed by atoms with Crippen molar-refractivity contribution >= 4 is 5.91 Å². The summed E-state index contributed by atoms with van der Waals surface area (Å²) in [7, 11) is 3.26. The van der Waals surface area contributed by atoms with Gasteiger partial charge in [0, 0.05) is 31.5 Å². The molecule has 1 aromatic heterocycles. The van der Waals surface area contributed by atoms with E-state index in [0.29, 0.717) is 50.5 Å². The molecule has 1 amide bonds. The average Bonchev–Trinajstić information content (AvgIpc) is 3.52. The van der Waals surface area contributed by atoms with Crippen LogP contribution in [0.25, 0.3) is 16.9 Å². The SMILES string of the molecule is COc1ccc(-c2cc(C(=O)N3CCC4(CC3)OCCO4)n(-c3ccc(OC)cc3)n2)cc1. The summed E-state index contributed by atoms with van der Waals surface area (Å²) in [5.41, 5.74) is 2.92. The van der Waals surface area contributed by atoms with E-state index in [0.717, 1.165) is 22.7 Å². The number of aromatic nitrogens is 2. The van der Waals surface area contributed by atoms with Crippen LogP contribution < -0.4 is 9.47 Å². The summed E-state index contributed by atoms with van der Waals surface area (Å²) in [6.07, 6.45) is 1.33. The van der Waals surface area contributed by atoms with Crippen molar-refractivity contribution in [1.82, 2.24) is 14.7 Å². The quantitative estimate of drug-likeness (QED) is 0.593. The number of likely N-dealkylation sites (tertiary alicyclic amines) is 1. The van der Waals surface area contributed by atoms with Crippen LogP contribution in [0.4, 0.5) is 0 Å². The molecule has 2 aliphatic rings. The molecule has 2 aliphatic heterocycles. The van der Waals surface area contributed by atoms with E-state index in [4.69, 9.17) is 24.0 Å². The molecular weight excluding hydrogens is 422 g/mol. The molecule has 0 radical (unpaired) electrons. The highest BCUT2D eigenvalue weighted by Gasteiger charge is 2.41. The van der Waals surface area contributed by atoms with Gasteiger partial charge in [0.15, 0.2) is 5.79 Å². The molecule has 3 heterocycles. The molecule has 33 heavy (non-hydrogen) atoms. The van der Waals surface area contributed by atoms with Crippen LogP contribution in [0.5, 0.6) is 11.5 Å². The first-order valence-electron chi connectivity index (χ1n) is 11.1. The van der Waals surface area contributed by atoms with Crippen LogP contribution in [-0.2, 0) is 9.47 Å². The lowest BCUT2D eigenvalue weighted by atomic mass is 10.0. The zero-order valence-corrected chi connectivity index (χ0v) is 18.8. The molecule has 0 unspecified atom stereocenters. The standard InChI is InChI=1S/C25H27N3O5/c1-30-20-7-3-18(4-8-20)22-17-23(28(26-22)19-5-9-21(31-2)10-6-19)24(29)27-13-11-25(12-14-27)32-15-16-33-25/h3-10,17H,11-16H2,1-2H3. The Morgan fingerprint density at radius 1 is 0.909 bits per heavy atom. The molecule has 8 heteroatoms. The van der Waals surface area contributed by atoms with Gasteiger partial charge < -0.3 is 23.8 Å². The molecule has 3 aromatic rings. The number of amides is 1. The molecule has 0 aliphatic carbocycles. The summed E-state index contributed by atoms with van der Waals surface area (Å²) in [5.74, 6) is 0.919. The van der Waals surface area contributed by atoms with Gasteiger partial charge >= 0.3 is 0 Å². The summed E-state index contributed by atoms with van der Waals surface area (Å²) in [6.45, 7) is 2.38. The van der Waals surface area contributed by atoms with Gasteiger partial charge in [-0.2, -0.15) is 5.10 Å². The predicted octanol–water partition coefficient (Wildman–Crippen LogP) is 3.54. The van der Waals surface area contributed by atoms with Crippen LogP contribution >= 0.6 is 0 Å². The van der Waals surface area contributed by atoms with Crippen molar-refractivity contribution in [3.8, 4) is 28.4 Å².